The third-order valence-electron chi connectivity index (χ3n) is 2.93. The normalized spacial score (nSPS) is 10.8. The highest BCUT2D eigenvalue weighted by atomic mass is 32.2. The maximum Gasteiger partial charge on any atom is 0.132 e. The van der Waals surface area contributed by atoms with Crippen molar-refractivity contribution in [2.24, 2.45) is 0 Å². The third kappa shape index (κ3) is 3.48. The first kappa shape index (κ1) is 14.8. The van der Waals surface area contributed by atoms with Gasteiger partial charge in [-0.3, -0.25) is 0 Å². The summed E-state index contributed by atoms with van der Waals surface area (Å²) in [6, 6.07) is 4.13. The molecule has 4 nitrogen and oxygen atoms in total. The number of nitrogens with zero attached hydrogens (tertiary/aromatic N) is 3. The summed E-state index contributed by atoms with van der Waals surface area (Å²) in [6.07, 6.45) is 1.85. The van der Waals surface area contributed by atoms with Gasteiger partial charge in [-0.15, -0.1) is 0 Å². The highest BCUT2D eigenvalue weighted by molar-refractivity contribution is 7.99. The molecule has 0 bridgehead atoms. The number of nitrogen functional groups attached to an aromatic ring is 1. The van der Waals surface area contributed by atoms with Gasteiger partial charge in [-0.25, -0.2) is 15.0 Å². The zero-order chi connectivity index (χ0) is 14.7. The predicted octanol–water partition coefficient (Wildman–Crippen LogP) is 3.48. The van der Waals surface area contributed by atoms with E-state index in [9.17, 15) is 0 Å². The number of hydrogen-bond donors (Lipinski definition) is 1. The first-order chi connectivity index (χ1) is 9.49. The standard InChI is InChI=1S/C15H20N4S/c1-5-6-12-18-14(16)11(4)15(19-12)20-13-8-9(2)7-10(3)17-13/h7-8H,5-6H2,1-4H3,(H2,16,18,19). The summed E-state index contributed by atoms with van der Waals surface area (Å²) in [5.74, 6) is 1.37. The van der Waals surface area contributed by atoms with E-state index in [2.05, 4.69) is 40.9 Å². The molecule has 0 aliphatic carbocycles. The van der Waals surface area contributed by atoms with Gasteiger partial charge in [-0.1, -0.05) is 6.92 Å². The van der Waals surface area contributed by atoms with Gasteiger partial charge in [-0.2, -0.15) is 0 Å². The molecule has 106 valence electrons. The molecule has 2 heterocycles. The summed E-state index contributed by atoms with van der Waals surface area (Å²) >= 11 is 1.55. The van der Waals surface area contributed by atoms with Crippen molar-refractivity contribution in [2.75, 3.05) is 5.73 Å². The summed E-state index contributed by atoms with van der Waals surface area (Å²) < 4.78 is 0. The number of aromatic nitrogens is 3. The van der Waals surface area contributed by atoms with Gasteiger partial charge in [0, 0.05) is 17.7 Å². The van der Waals surface area contributed by atoms with Crippen LogP contribution < -0.4 is 5.73 Å². The van der Waals surface area contributed by atoms with Crippen molar-refractivity contribution >= 4 is 17.6 Å². The Kier molecular flexibility index (Phi) is 4.60. The average Bonchev–Trinajstić information content (AvgIpc) is 2.34. The highest BCUT2D eigenvalue weighted by Gasteiger charge is 2.11. The van der Waals surface area contributed by atoms with Gasteiger partial charge in [0.05, 0.1) is 0 Å². The predicted molar refractivity (Wildman–Crippen MR) is 83.0 cm³/mol. The van der Waals surface area contributed by atoms with Crippen LogP contribution in [0.3, 0.4) is 0 Å². The van der Waals surface area contributed by atoms with Crippen molar-refractivity contribution in [1.29, 1.82) is 0 Å². The molecule has 0 unspecified atom stereocenters. The van der Waals surface area contributed by atoms with E-state index in [4.69, 9.17) is 5.73 Å². The molecular weight excluding hydrogens is 268 g/mol. The van der Waals surface area contributed by atoms with Gasteiger partial charge in [0.25, 0.3) is 0 Å². The van der Waals surface area contributed by atoms with Crippen LogP contribution in [0.15, 0.2) is 22.2 Å². The van der Waals surface area contributed by atoms with Crippen LogP contribution in [0.1, 0.15) is 36.0 Å². The Labute approximate surface area is 124 Å². The molecule has 2 N–H and O–H groups in total. The molecule has 2 rings (SSSR count). The lowest BCUT2D eigenvalue weighted by Crippen LogP contribution is -2.04. The molecule has 5 heteroatoms. The number of rotatable bonds is 4. The van der Waals surface area contributed by atoms with Crippen LogP contribution in [-0.2, 0) is 6.42 Å². The molecule has 0 radical (unpaired) electrons. The first-order valence-corrected chi connectivity index (χ1v) is 7.57. The molecule has 20 heavy (non-hydrogen) atoms. The van der Waals surface area contributed by atoms with Crippen molar-refractivity contribution in [3.8, 4) is 0 Å². The number of aryl methyl sites for hydroxylation is 3. The number of anilines is 1. The Morgan fingerprint density at radius 1 is 1.10 bits per heavy atom. The van der Waals surface area contributed by atoms with E-state index in [1.165, 1.54) is 5.56 Å². The summed E-state index contributed by atoms with van der Waals surface area (Å²) in [6.45, 7) is 8.14. The summed E-state index contributed by atoms with van der Waals surface area (Å²) in [5, 5.41) is 1.85. The molecule has 2 aromatic rings. The fourth-order valence-corrected chi connectivity index (χ4v) is 2.99. The molecule has 0 aliphatic heterocycles. The summed E-state index contributed by atoms with van der Waals surface area (Å²) in [4.78, 5) is 13.5. The van der Waals surface area contributed by atoms with E-state index in [1.807, 2.05) is 13.8 Å². The SMILES string of the molecule is CCCc1nc(N)c(C)c(Sc2cc(C)cc(C)n2)n1. The molecule has 0 saturated heterocycles. The smallest absolute Gasteiger partial charge is 0.132 e. The molecule has 0 amide bonds. The van der Waals surface area contributed by atoms with Crippen LogP contribution in [0, 0.1) is 20.8 Å². The molecule has 0 spiro atoms. The minimum atomic E-state index is 0.565. The molecule has 2 aromatic heterocycles. The largest absolute Gasteiger partial charge is 0.383 e. The van der Waals surface area contributed by atoms with Gasteiger partial charge >= 0.3 is 0 Å². The fraction of sp³-hybridized carbons (Fsp3) is 0.400. The van der Waals surface area contributed by atoms with Crippen molar-refractivity contribution in [2.45, 2.75) is 50.6 Å². The van der Waals surface area contributed by atoms with Gasteiger partial charge < -0.3 is 5.73 Å². The second kappa shape index (κ2) is 6.22. The van der Waals surface area contributed by atoms with Gasteiger partial charge in [0.1, 0.15) is 21.7 Å². The Morgan fingerprint density at radius 3 is 2.50 bits per heavy atom. The lowest BCUT2D eigenvalue weighted by molar-refractivity contribution is 0.805. The lowest BCUT2D eigenvalue weighted by atomic mass is 10.3. The summed E-state index contributed by atoms with van der Waals surface area (Å²) in [5.41, 5.74) is 9.12. The monoisotopic (exact) mass is 288 g/mol. The molecule has 0 aromatic carbocycles. The van der Waals surface area contributed by atoms with Gasteiger partial charge in [0.15, 0.2) is 0 Å². The Morgan fingerprint density at radius 2 is 1.85 bits per heavy atom. The second-order valence-corrected chi connectivity index (χ2v) is 5.94. The van der Waals surface area contributed by atoms with E-state index in [0.717, 1.165) is 40.0 Å². The number of hydrogen-bond acceptors (Lipinski definition) is 5. The zero-order valence-corrected chi connectivity index (χ0v) is 13.2. The average molecular weight is 288 g/mol. The van der Waals surface area contributed by atoms with Crippen LogP contribution >= 0.6 is 11.8 Å². The lowest BCUT2D eigenvalue weighted by Gasteiger charge is -2.09. The number of pyridine rings is 1. The molecule has 0 fully saturated rings. The Hall–Kier alpha value is -1.62. The molecular formula is C15H20N4S. The third-order valence-corrected chi connectivity index (χ3v) is 3.94. The Bertz CT molecular complexity index is 605. The minimum absolute atomic E-state index is 0.565. The van der Waals surface area contributed by atoms with Crippen LogP contribution in [0.25, 0.3) is 0 Å². The van der Waals surface area contributed by atoms with Crippen LogP contribution in [0.5, 0.6) is 0 Å². The van der Waals surface area contributed by atoms with E-state index < -0.39 is 0 Å². The van der Waals surface area contributed by atoms with Gasteiger partial charge in [0.2, 0.25) is 0 Å². The molecule has 0 atom stereocenters. The van der Waals surface area contributed by atoms with Crippen molar-refractivity contribution in [3.63, 3.8) is 0 Å². The zero-order valence-electron chi connectivity index (χ0n) is 12.4. The van der Waals surface area contributed by atoms with Gasteiger partial charge in [-0.05, 0) is 56.7 Å². The van der Waals surface area contributed by atoms with Crippen molar-refractivity contribution < 1.29 is 0 Å². The topological polar surface area (TPSA) is 64.7 Å². The van der Waals surface area contributed by atoms with E-state index in [-0.39, 0.29) is 0 Å². The first-order valence-electron chi connectivity index (χ1n) is 6.75. The quantitative estimate of drug-likeness (QED) is 0.872. The van der Waals surface area contributed by atoms with E-state index in [1.54, 1.807) is 11.8 Å². The van der Waals surface area contributed by atoms with E-state index in [0.29, 0.717) is 5.82 Å². The molecule has 0 aliphatic rings. The van der Waals surface area contributed by atoms with Crippen LogP contribution in [0.2, 0.25) is 0 Å². The van der Waals surface area contributed by atoms with Crippen molar-refractivity contribution in [1.82, 2.24) is 15.0 Å². The second-order valence-electron chi connectivity index (χ2n) is 4.93. The van der Waals surface area contributed by atoms with Crippen molar-refractivity contribution in [3.05, 3.63) is 34.8 Å². The fourth-order valence-electron chi connectivity index (χ4n) is 1.95. The Balaban J connectivity index is 2.36. The highest BCUT2D eigenvalue weighted by Crippen LogP contribution is 2.30. The summed E-state index contributed by atoms with van der Waals surface area (Å²) in [7, 11) is 0. The van der Waals surface area contributed by atoms with Crippen LogP contribution in [0.4, 0.5) is 5.82 Å². The molecule has 0 saturated carbocycles. The minimum Gasteiger partial charge on any atom is -0.383 e. The maximum atomic E-state index is 5.98. The van der Waals surface area contributed by atoms with Crippen LogP contribution in [-0.4, -0.2) is 15.0 Å². The maximum absolute atomic E-state index is 5.98. The van der Waals surface area contributed by atoms with E-state index >= 15 is 0 Å². The number of nitrogens with two attached hydrogens (primary N) is 1.